The maximum atomic E-state index is 10.8. The molecule has 0 radical (unpaired) electrons. The lowest BCUT2D eigenvalue weighted by atomic mass is 9.94. The van der Waals surface area contributed by atoms with Crippen LogP contribution in [0, 0.1) is 16.0 Å². The van der Waals surface area contributed by atoms with E-state index in [9.17, 15) is 10.1 Å². The van der Waals surface area contributed by atoms with Crippen LogP contribution in [0.3, 0.4) is 0 Å². The molecule has 0 unspecified atom stereocenters. The molecule has 7 nitrogen and oxygen atoms in total. The van der Waals surface area contributed by atoms with Crippen LogP contribution in [0.25, 0.3) is 11.5 Å². The second-order valence-electron chi connectivity index (χ2n) is 7.60. The highest BCUT2D eigenvalue weighted by atomic mass is 16.6. The summed E-state index contributed by atoms with van der Waals surface area (Å²) in [4.78, 5) is 10.4. The van der Waals surface area contributed by atoms with Gasteiger partial charge in [-0.15, -0.1) is 10.2 Å². The normalized spacial score (nSPS) is 13.4. The summed E-state index contributed by atoms with van der Waals surface area (Å²) in [5.41, 5.74) is 3.30. The summed E-state index contributed by atoms with van der Waals surface area (Å²) in [6, 6.07) is 15.1. The molecule has 0 bridgehead atoms. The zero-order chi connectivity index (χ0) is 21.0. The number of hydrogen-bond acceptors (Lipinski definition) is 5. The molecule has 2 aromatic carbocycles. The highest BCUT2D eigenvalue weighted by molar-refractivity contribution is 5.55. The predicted octanol–water partition coefficient (Wildman–Crippen LogP) is 4.23. The number of aromatic nitrogens is 2. The molecule has 0 aliphatic heterocycles. The van der Waals surface area contributed by atoms with Gasteiger partial charge >= 0.3 is 0 Å². The first-order valence-electron chi connectivity index (χ1n) is 9.91. The van der Waals surface area contributed by atoms with E-state index in [1.807, 2.05) is 6.92 Å². The number of nitro benzene ring substituents is 1. The van der Waals surface area contributed by atoms with Gasteiger partial charge in [-0.1, -0.05) is 45.0 Å². The van der Waals surface area contributed by atoms with Crippen LogP contribution in [0.5, 0.6) is 0 Å². The van der Waals surface area contributed by atoms with Crippen LogP contribution >= 0.6 is 0 Å². The van der Waals surface area contributed by atoms with Crippen molar-refractivity contribution in [2.75, 3.05) is 0 Å². The Morgan fingerprint density at radius 1 is 1.03 bits per heavy atom. The average molecular weight is 395 g/mol. The molecule has 0 amide bonds. The second kappa shape index (κ2) is 8.96. The van der Waals surface area contributed by atoms with E-state index in [2.05, 4.69) is 60.6 Å². The van der Waals surface area contributed by atoms with Crippen molar-refractivity contribution in [1.29, 1.82) is 0 Å². The monoisotopic (exact) mass is 395 g/mol. The standard InChI is InChI=1S/C22H26N4O3/c1-5-16-6-8-17(9-7-16)20(14(2)3)23-15(4)21-24-25-22(29-21)18-10-12-19(13-11-18)26(27)28/h6-15,20,23H,5H2,1-4H3/p+1/t15-,20+/m1/s1. The number of nitrogens with two attached hydrogens (primary N) is 1. The van der Waals surface area contributed by atoms with Gasteiger partial charge in [-0.3, -0.25) is 10.1 Å². The minimum atomic E-state index is -0.431. The molecule has 3 aromatic rings. The summed E-state index contributed by atoms with van der Waals surface area (Å²) in [5, 5.41) is 21.4. The molecular weight excluding hydrogens is 368 g/mol. The number of aryl methyl sites for hydroxylation is 1. The minimum Gasteiger partial charge on any atom is -0.415 e. The van der Waals surface area contributed by atoms with Crippen LogP contribution in [0.15, 0.2) is 52.9 Å². The SMILES string of the molecule is CCc1ccc([C@@H]([NH2+][C@H](C)c2nnc(-c3ccc([N+](=O)[O-])cc3)o2)C(C)C)cc1. The molecule has 29 heavy (non-hydrogen) atoms. The molecule has 1 heterocycles. The number of nitro groups is 1. The lowest BCUT2D eigenvalue weighted by molar-refractivity contribution is -0.739. The molecule has 0 saturated carbocycles. The Bertz CT molecular complexity index is 949. The Kier molecular flexibility index (Phi) is 6.39. The number of rotatable bonds is 8. The van der Waals surface area contributed by atoms with Gasteiger partial charge in [0.1, 0.15) is 6.04 Å². The van der Waals surface area contributed by atoms with Crippen molar-refractivity contribution in [2.45, 2.75) is 46.2 Å². The van der Waals surface area contributed by atoms with Crippen LogP contribution in [-0.4, -0.2) is 15.1 Å². The average Bonchev–Trinajstić information content (AvgIpc) is 3.22. The largest absolute Gasteiger partial charge is 0.415 e. The molecule has 0 saturated heterocycles. The van der Waals surface area contributed by atoms with Gasteiger partial charge < -0.3 is 9.73 Å². The summed E-state index contributed by atoms with van der Waals surface area (Å²) >= 11 is 0. The molecule has 2 atom stereocenters. The van der Waals surface area contributed by atoms with Crippen molar-refractivity contribution >= 4 is 5.69 Å². The van der Waals surface area contributed by atoms with Gasteiger partial charge in [-0.05, 0) is 31.0 Å². The molecule has 0 spiro atoms. The van der Waals surface area contributed by atoms with Crippen molar-refractivity contribution in [1.82, 2.24) is 10.2 Å². The second-order valence-corrected chi connectivity index (χ2v) is 7.60. The Balaban J connectivity index is 1.75. The van der Waals surface area contributed by atoms with E-state index in [0.29, 0.717) is 23.3 Å². The van der Waals surface area contributed by atoms with Crippen LogP contribution in [-0.2, 0) is 6.42 Å². The first-order valence-corrected chi connectivity index (χ1v) is 9.91. The molecule has 1 aromatic heterocycles. The summed E-state index contributed by atoms with van der Waals surface area (Å²) < 4.78 is 5.86. The first kappa shape index (κ1) is 20.7. The van der Waals surface area contributed by atoms with E-state index in [0.717, 1.165) is 6.42 Å². The van der Waals surface area contributed by atoms with Gasteiger partial charge in [-0.2, -0.15) is 0 Å². The van der Waals surface area contributed by atoms with Gasteiger partial charge in [0, 0.05) is 29.2 Å². The Morgan fingerprint density at radius 2 is 1.69 bits per heavy atom. The molecule has 3 rings (SSSR count). The van der Waals surface area contributed by atoms with E-state index in [-0.39, 0.29) is 17.8 Å². The highest BCUT2D eigenvalue weighted by Gasteiger charge is 2.26. The van der Waals surface area contributed by atoms with E-state index in [1.54, 1.807) is 12.1 Å². The quantitative estimate of drug-likeness (QED) is 0.454. The molecule has 7 heteroatoms. The minimum absolute atomic E-state index is 0.0208. The van der Waals surface area contributed by atoms with Crippen molar-refractivity contribution in [3.05, 3.63) is 75.7 Å². The number of non-ortho nitro benzene ring substituents is 1. The maximum Gasteiger partial charge on any atom is 0.274 e. The van der Waals surface area contributed by atoms with Crippen LogP contribution < -0.4 is 5.32 Å². The zero-order valence-electron chi connectivity index (χ0n) is 17.2. The summed E-state index contributed by atoms with van der Waals surface area (Å²) in [5.74, 6) is 1.33. The number of hydrogen-bond donors (Lipinski definition) is 1. The third-order valence-electron chi connectivity index (χ3n) is 5.14. The Labute approximate surface area is 170 Å². The van der Waals surface area contributed by atoms with E-state index in [1.165, 1.54) is 23.3 Å². The predicted molar refractivity (Wildman–Crippen MR) is 110 cm³/mol. The fourth-order valence-corrected chi connectivity index (χ4v) is 3.35. The molecular formula is C22H27N4O3+. The van der Waals surface area contributed by atoms with Gasteiger partial charge in [0.2, 0.25) is 5.89 Å². The molecule has 0 fully saturated rings. The Morgan fingerprint density at radius 3 is 2.24 bits per heavy atom. The van der Waals surface area contributed by atoms with Crippen LogP contribution in [0.2, 0.25) is 0 Å². The molecule has 0 aliphatic carbocycles. The topological polar surface area (TPSA) is 98.7 Å². The van der Waals surface area contributed by atoms with E-state index in [4.69, 9.17) is 4.42 Å². The smallest absolute Gasteiger partial charge is 0.274 e. The third kappa shape index (κ3) is 4.86. The van der Waals surface area contributed by atoms with E-state index >= 15 is 0 Å². The van der Waals surface area contributed by atoms with Crippen molar-refractivity contribution in [3.63, 3.8) is 0 Å². The van der Waals surface area contributed by atoms with Crippen LogP contribution in [0.1, 0.15) is 56.8 Å². The maximum absolute atomic E-state index is 10.8. The number of nitrogens with zero attached hydrogens (tertiary/aromatic N) is 3. The van der Waals surface area contributed by atoms with E-state index < -0.39 is 4.92 Å². The van der Waals surface area contributed by atoms with Crippen LogP contribution in [0.4, 0.5) is 5.69 Å². The lowest BCUT2D eigenvalue weighted by Gasteiger charge is -2.22. The van der Waals surface area contributed by atoms with Crippen molar-refractivity contribution in [2.24, 2.45) is 5.92 Å². The zero-order valence-corrected chi connectivity index (χ0v) is 17.2. The Hall–Kier alpha value is -3.06. The number of benzene rings is 2. The summed E-state index contributed by atoms with van der Waals surface area (Å²) in [6.45, 7) is 8.61. The fourth-order valence-electron chi connectivity index (χ4n) is 3.35. The summed E-state index contributed by atoms with van der Waals surface area (Å²) in [7, 11) is 0. The van der Waals surface area contributed by atoms with Gasteiger partial charge in [0.05, 0.1) is 4.92 Å². The van der Waals surface area contributed by atoms with Gasteiger partial charge in [0.15, 0.2) is 6.04 Å². The van der Waals surface area contributed by atoms with Crippen molar-refractivity contribution < 1.29 is 14.7 Å². The summed E-state index contributed by atoms with van der Waals surface area (Å²) in [6.07, 6.45) is 1.03. The first-order chi connectivity index (χ1) is 13.9. The highest BCUT2D eigenvalue weighted by Crippen LogP contribution is 2.24. The third-order valence-corrected chi connectivity index (χ3v) is 5.14. The number of quaternary nitrogens is 1. The molecule has 2 N–H and O–H groups in total. The molecule has 152 valence electrons. The lowest BCUT2D eigenvalue weighted by Crippen LogP contribution is -2.86. The van der Waals surface area contributed by atoms with Crippen molar-refractivity contribution in [3.8, 4) is 11.5 Å². The fraction of sp³-hybridized carbons (Fsp3) is 0.364. The van der Waals surface area contributed by atoms with Gasteiger partial charge in [-0.25, -0.2) is 0 Å². The molecule has 0 aliphatic rings. The van der Waals surface area contributed by atoms with Gasteiger partial charge in [0.25, 0.3) is 11.6 Å².